The van der Waals surface area contributed by atoms with Crippen molar-refractivity contribution in [3.63, 3.8) is 0 Å². The normalized spacial score (nSPS) is 12.2. The molecule has 0 amide bonds. The van der Waals surface area contributed by atoms with Crippen LogP contribution in [0.15, 0.2) is 146 Å². The quantitative estimate of drug-likeness (QED) is 0.0275. The first-order chi connectivity index (χ1) is 53.5. The highest BCUT2D eigenvalue weighted by Crippen LogP contribution is 2.50. The average molecular weight is 1450 g/mol. The summed E-state index contributed by atoms with van der Waals surface area (Å²) in [5.41, 5.74) is 19.0. The lowest BCUT2D eigenvalue weighted by atomic mass is 9.88. The van der Waals surface area contributed by atoms with Gasteiger partial charge < -0.3 is 0 Å². The zero-order valence-corrected chi connectivity index (χ0v) is 69.8. The molecule has 1 aliphatic carbocycles. The number of benzene rings is 6. The molecule has 6 aromatic rings. The summed E-state index contributed by atoms with van der Waals surface area (Å²) in [5.74, 6) is 13.8. The third-order valence-corrected chi connectivity index (χ3v) is 23.4. The Balaban J connectivity index is 0.934. The Bertz CT molecular complexity index is 3220. The van der Waals surface area contributed by atoms with Crippen molar-refractivity contribution in [1.82, 2.24) is 0 Å². The summed E-state index contributed by atoms with van der Waals surface area (Å²) in [4.78, 5) is 15.9. The van der Waals surface area contributed by atoms with Gasteiger partial charge in [0.05, 0.1) is 0 Å². The van der Waals surface area contributed by atoms with E-state index in [2.05, 4.69) is 197 Å². The molecule has 0 radical (unpaired) electrons. The molecule has 0 heterocycles. The number of ketones is 1. The second kappa shape index (κ2) is 58.5. The smallest absolute Gasteiger partial charge is 0.195 e. The molecule has 0 atom stereocenters. The Labute approximate surface area is 664 Å². The lowest BCUT2D eigenvalue weighted by Gasteiger charge is -2.15. The average Bonchev–Trinajstić information content (AvgIpc) is 1.58. The molecule has 0 unspecified atom stereocenters. The standard InChI is InChI=1S/C107H152O/c1-5-9-13-17-21-27-35-43-51-59-91-67-71-93(72-68-91)61-53-45-39-31-25-33-41-49-55-63-95-75-83-99(84-76-95)103-104(100-85-77-96(78-86-100)64-56-50-42-34-26-32-40-46-54-62-94-73-69-92(70-74-94)60-52-44-36-28-22-18-14-10-6-2)106(102-89-81-98(82-90-102)66-58-48-38-30-24-20-16-12-8-4)107(108)105(103)101-87-79-97(80-88-101)65-57-47-37-29-23-19-15-11-7-3/h67-90H,5-50,53-58,61-66H2,1-4H3. The molecule has 0 spiro atoms. The first-order valence-corrected chi connectivity index (χ1v) is 46.0. The Morgan fingerprint density at radius 3 is 0.556 bits per heavy atom. The summed E-state index contributed by atoms with van der Waals surface area (Å²) in [5, 5.41) is 0. The number of carbonyl (C=O) groups excluding carboxylic acids is 1. The number of hydrogen-bond acceptors (Lipinski definition) is 1. The molecule has 6 aromatic carbocycles. The summed E-state index contributed by atoms with van der Waals surface area (Å²) >= 11 is 0. The van der Waals surface area contributed by atoms with E-state index in [9.17, 15) is 0 Å². The number of carbonyl (C=O) groups is 1. The van der Waals surface area contributed by atoms with Gasteiger partial charge in [-0.3, -0.25) is 4.79 Å². The van der Waals surface area contributed by atoms with Crippen LogP contribution in [0.3, 0.4) is 0 Å². The predicted molar refractivity (Wildman–Crippen MR) is 476 cm³/mol. The van der Waals surface area contributed by atoms with Crippen LogP contribution in [0.4, 0.5) is 0 Å². The van der Waals surface area contributed by atoms with Crippen LogP contribution in [-0.4, -0.2) is 5.78 Å². The highest BCUT2D eigenvalue weighted by Gasteiger charge is 2.35. The highest BCUT2D eigenvalue weighted by molar-refractivity contribution is 6.59. The Morgan fingerprint density at radius 2 is 0.352 bits per heavy atom. The van der Waals surface area contributed by atoms with E-state index in [1.807, 2.05) is 0 Å². The summed E-state index contributed by atoms with van der Waals surface area (Å²) in [6.45, 7) is 9.18. The summed E-state index contributed by atoms with van der Waals surface area (Å²) in [6, 6.07) is 55.4. The van der Waals surface area contributed by atoms with Crippen molar-refractivity contribution in [3.8, 4) is 23.7 Å². The lowest BCUT2D eigenvalue weighted by Crippen LogP contribution is -2.02. The van der Waals surface area contributed by atoms with E-state index in [1.54, 1.807) is 0 Å². The fourth-order valence-electron chi connectivity index (χ4n) is 16.3. The zero-order valence-electron chi connectivity index (χ0n) is 69.8. The molecule has 0 bridgehead atoms. The van der Waals surface area contributed by atoms with Gasteiger partial charge in [0, 0.05) is 46.3 Å². The van der Waals surface area contributed by atoms with E-state index in [-0.39, 0.29) is 5.78 Å². The van der Waals surface area contributed by atoms with Gasteiger partial charge in [0.15, 0.2) is 5.78 Å². The molecular formula is C107H152O. The maximum atomic E-state index is 15.9. The van der Waals surface area contributed by atoms with Gasteiger partial charge in [-0.25, -0.2) is 0 Å². The van der Waals surface area contributed by atoms with E-state index in [1.165, 1.54) is 367 Å². The van der Waals surface area contributed by atoms with Crippen LogP contribution in [0.25, 0.3) is 22.3 Å². The van der Waals surface area contributed by atoms with Crippen LogP contribution in [0.5, 0.6) is 0 Å². The van der Waals surface area contributed by atoms with Crippen molar-refractivity contribution in [2.24, 2.45) is 0 Å². The minimum atomic E-state index is 0.152. The topological polar surface area (TPSA) is 17.1 Å². The van der Waals surface area contributed by atoms with Crippen LogP contribution in [0.1, 0.15) is 428 Å². The lowest BCUT2D eigenvalue weighted by molar-refractivity contribution is -0.108. The molecule has 7 rings (SSSR count). The zero-order chi connectivity index (χ0) is 75.6. The van der Waals surface area contributed by atoms with Gasteiger partial charge in [-0.05, 0) is 170 Å². The van der Waals surface area contributed by atoms with Crippen LogP contribution >= 0.6 is 0 Å². The molecular weight excluding hydrogens is 1300 g/mol. The van der Waals surface area contributed by atoms with Gasteiger partial charge >= 0.3 is 0 Å². The molecule has 108 heavy (non-hydrogen) atoms. The molecule has 1 nitrogen and oxygen atoms in total. The van der Waals surface area contributed by atoms with Crippen LogP contribution < -0.4 is 0 Å². The van der Waals surface area contributed by atoms with Crippen molar-refractivity contribution in [1.29, 1.82) is 0 Å². The van der Waals surface area contributed by atoms with Crippen molar-refractivity contribution >= 4 is 28.1 Å². The molecule has 0 N–H and O–H groups in total. The number of aryl methyl sites for hydroxylation is 6. The van der Waals surface area contributed by atoms with Gasteiger partial charge in [0.2, 0.25) is 0 Å². The first-order valence-electron chi connectivity index (χ1n) is 46.0. The van der Waals surface area contributed by atoms with Crippen molar-refractivity contribution in [2.45, 2.75) is 400 Å². The van der Waals surface area contributed by atoms with Crippen molar-refractivity contribution < 1.29 is 4.79 Å². The number of allylic oxidation sites excluding steroid dienone is 4. The fraction of sp³-hybridized carbons (Fsp3) is 0.579. The molecule has 0 fully saturated rings. The number of hydrogen-bond donors (Lipinski definition) is 0. The van der Waals surface area contributed by atoms with Crippen LogP contribution in [-0.2, 0) is 43.3 Å². The monoisotopic (exact) mass is 1450 g/mol. The van der Waals surface area contributed by atoms with E-state index >= 15 is 4.79 Å². The second-order valence-electron chi connectivity index (χ2n) is 32.9. The molecule has 0 saturated carbocycles. The fourth-order valence-corrected chi connectivity index (χ4v) is 16.3. The number of unbranched alkanes of at least 4 members (excludes halogenated alkanes) is 46. The van der Waals surface area contributed by atoms with E-state index in [0.717, 1.165) is 94.2 Å². The molecule has 586 valence electrons. The minimum Gasteiger partial charge on any atom is -0.289 e. The molecule has 1 aliphatic rings. The van der Waals surface area contributed by atoms with Gasteiger partial charge in [0.1, 0.15) is 0 Å². The maximum Gasteiger partial charge on any atom is 0.195 e. The third kappa shape index (κ3) is 37.1. The SMILES string of the molecule is CCCCCCCCCC#Cc1ccc(CCCCCCCCCCCc2ccc(C3=C(c4ccc(CCCCCCCCCCC)cc4)C(=O)C(c4ccc(CCCCCCCCCCC)cc4)=C3c3ccc(CCCCCCCCCCCc4ccc(C#CCCCCCCCCC)cc4)cc3)cc2)cc1. The molecule has 0 saturated heterocycles. The molecule has 0 aliphatic heterocycles. The van der Waals surface area contributed by atoms with E-state index in [4.69, 9.17) is 0 Å². The maximum absolute atomic E-state index is 15.9. The Hall–Kier alpha value is -6.41. The second-order valence-corrected chi connectivity index (χ2v) is 32.9. The van der Waals surface area contributed by atoms with Crippen molar-refractivity contribution in [3.05, 3.63) is 212 Å². The Morgan fingerprint density at radius 1 is 0.185 bits per heavy atom. The molecule has 0 aromatic heterocycles. The van der Waals surface area contributed by atoms with Gasteiger partial charge in [0.25, 0.3) is 0 Å². The Kier molecular flexibility index (Phi) is 48.1. The summed E-state index contributed by atoms with van der Waals surface area (Å²) in [6.07, 6.45) is 75.1. The minimum absolute atomic E-state index is 0.152. The first kappa shape index (κ1) is 88.8. The van der Waals surface area contributed by atoms with E-state index < -0.39 is 0 Å². The van der Waals surface area contributed by atoms with Gasteiger partial charge in [-0.1, -0.05) is 442 Å². The summed E-state index contributed by atoms with van der Waals surface area (Å²) in [7, 11) is 0. The number of rotatable bonds is 62. The van der Waals surface area contributed by atoms with E-state index in [0.29, 0.717) is 0 Å². The third-order valence-electron chi connectivity index (χ3n) is 23.4. The number of Topliss-reactive ketones (excluding diaryl/α,β-unsaturated/α-hetero) is 1. The van der Waals surface area contributed by atoms with Crippen LogP contribution in [0.2, 0.25) is 0 Å². The highest BCUT2D eigenvalue weighted by atomic mass is 16.1. The largest absolute Gasteiger partial charge is 0.289 e. The van der Waals surface area contributed by atoms with Crippen LogP contribution in [0, 0.1) is 23.7 Å². The molecule has 1 heteroatoms. The van der Waals surface area contributed by atoms with Crippen molar-refractivity contribution in [2.75, 3.05) is 0 Å². The van der Waals surface area contributed by atoms with Gasteiger partial charge in [-0.2, -0.15) is 0 Å². The van der Waals surface area contributed by atoms with Gasteiger partial charge in [-0.15, -0.1) is 0 Å². The summed E-state index contributed by atoms with van der Waals surface area (Å²) < 4.78 is 0. The predicted octanol–water partition coefficient (Wildman–Crippen LogP) is 32.5.